The molecule has 0 atom stereocenters. The monoisotopic (exact) mass is 435 g/mol. The molecule has 0 spiro atoms. The molecule has 4 rings (SSSR count). The largest absolute Gasteiger partial charge is 0.367 e. The molecule has 1 heterocycles. The van der Waals surface area contributed by atoms with Gasteiger partial charge in [-0.1, -0.05) is 42.5 Å². The Labute approximate surface area is 183 Å². The summed E-state index contributed by atoms with van der Waals surface area (Å²) >= 11 is 0. The van der Waals surface area contributed by atoms with E-state index in [1.165, 1.54) is 11.3 Å². The molecule has 1 amide bonds. The van der Waals surface area contributed by atoms with E-state index in [1.54, 1.807) is 25.1 Å². The van der Waals surface area contributed by atoms with E-state index in [9.17, 15) is 13.2 Å². The number of anilines is 3. The third-order valence-electron chi connectivity index (χ3n) is 5.41. The molecule has 1 aliphatic rings. The molecule has 3 aromatic rings. The predicted octanol–water partition coefficient (Wildman–Crippen LogP) is 4.18. The average molecular weight is 436 g/mol. The van der Waals surface area contributed by atoms with Gasteiger partial charge >= 0.3 is 0 Å². The lowest BCUT2D eigenvalue weighted by Crippen LogP contribution is -2.21. The number of amides is 1. The van der Waals surface area contributed by atoms with Crippen molar-refractivity contribution in [2.45, 2.75) is 19.9 Å². The van der Waals surface area contributed by atoms with Gasteiger partial charge in [-0.2, -0.15) is 0 Å². The molecule has 0 bridgehead atoms. The molecule has 1 aliphatic heterocycles. The van der Waals surface area contributed by atoms with Gasteiger partial charge < -0.3 is 10.2 Å². The van der Waals surface area contributed by atoms with Crippen LogP contribution in [-0.2, 0) is 23.0 Å². The quantitative estimate of drug-likeness (QED) is 0.609. The number of nitrogens with one attached hydrogen (secondary N) is 2. The summed E-state index contributed by atoms with van der Waals surface area (Å²) in [7, 11) is -3.43. The predicted molar refractivity (Wildman–Crippen MR) is 125 cm³/mol. The number of hydrogen-bond acceptors (Lipinski definition) is 4. The second kappa shape index (κ2) is 8.43. The molecule has 0 aliphatic carbocycles. The highest BCUT2D eigenvalue weighted by atomic mass is 32.2. The molecule has 7 heteroatoms. The maximum absolute atomic E-state index is 12.9. The molecule has 31 heavy (non-hydrogen) atoms. The molecule has 0 radical (unpaired) electrons. The third kappa shape index (κ3) is 4.88. The number of sulfonamides is 1. The SMILES string of the molecule is Cc1ccc(C(=O)Nc2ccccc2CN2CCc3ccccc32)cc1NS(C)(=O)=O. The lowest BCUT2D eigenvalue weighted by Gasteiger charge is -2.21. The minimum Gasteiger partial charge on any atom is -0.367 e. The summed E-state index contributed by atoms with van der Waals surface area (Å²) in [4.78, 5) is 15.2. The summed E-state index contributed by atoms with van der Waals surface area (Å²) in [5.74, 6) is -0.286. The van der Waals surface area contributed by atoms with Gasteiger partial charge in [-0.3, -0.25) is 9.52 Å². The molecule has 3 aromatic carbocycles. The van der Waals surface area contributed by atoms with Gasteiger partial charge in [-0.25, -0.2) is 8.42 Å². The second-order valence-corrected chi connectivity index (χ2v) is 9.56. The summed E-state index contributed by atoms with van der Waals surface area (Å²) in [6.07, 6.45) is 2.11. The Balaban J connectivity index is 1.54. The number of aryl methyl sites for hydroxylation is 1. The number of nitrogens with zero attached hydrogens (tertiary/aromatic N) is 1. The van der Waals surface area contributed by atoms with Gasteiger partial charge in [0, 0.05) is 30.0 Å². The minimum absolute atomic E-state index is 0.286. The van der Waals surface area contributed by atoms with E-state index in [0.717, 1.165) is 36.0 Å². The number of carbonyl (C=O) groups excluding carboxylic acids is 1. The molecule has 2 N–H and O–H groups in total. The zero-order valence-electron chi connectivity index (χ0n) is 17.6. The first-order valence-corrected chi connectivity index (χ1v) is 12.0. The van der Waals surface area contributed by atoms with Crippen LogP contribution in [0.1, 0.15) is 27.0 Å². The Morgan fingerprint density at radius 2 is 1.74 bits per heavy atom. The number of fused-ring (bicyclic) bond motifs is 1. The number of benzene rings is 3. The van der Waals surface area contributed by atoms with Gasteiger partial charge in [0.25, 0.3) is 5.91 Å². The van der Waals surface area contributed by atoms with Crippen molar-refractivity contribution < 1.29 is 13.2 Å². The highest BCUT2D eigenvalue weighted by Gasteiger charge is 2.20. The Morgan fingerprint density at radius 3 is 2.55 bits per heavy atom. The van der Waals surface area contributed by atoms with Crippen LogP contribution in [0.5, 0.6) is 0 Å². The highest BCUT2D eigenvalue weighted by molar-refractivity contribution is 7.92. The van der Waals surface area contributed by atoms with E-state index in [1.807, 2.05) is 30.3 Å². The van der Waals surface area contributed by atoms with E-state index in [-0.39, 0.29) is 5.91 Å². The normalized spacial score (nSPS) is 13.0. The zero-order valence-corrected chi connectivity index (χ0v) is 18.4. The molecule has 0 saturated heterocycles. The molecular weight excluding hydrogens is 410 g/mol. The van der Waals surface area contributed by atoms with Crippen molar-refractivity contribution in [2.24, 2.45) is 0 Å². The molecule has 6 nitrogen and oxygen atoms in total. The van der Waals surface area contributed by atoms with Crippen LogP contribution < -0.4 is 14.9 Å². The molecule has 0 aromatic heterocycles. The zero-order chi connectivity index (χ0) is 22.0. The van der Waals surface area contributed by atoms with E-state index >= 15 is 0 Å². The fourth-order valence-corrected chi connectivity index (χ4v) is 4.44. The number of carbonyl (C=O) groups is 1. The fourth-order valence-electron chi connectivity index (χ4n) is 3.82. The molecular formula is C24H25N3O3S. The highest BCUT2D eigenvalue weighted by Crippen LogP contribution is 2.30. The standard InChI is InChI=1S/C24H25N3O3S/c1-17-11-12-19(15-22(17)26-31(2,29)30)24(28)25-21-9-5-3-8-20(21)16-27-14-13-18-7-4-6-10-23(18)27/h3-12,15,26H,13-14,16H2,1-2H3,(H,25,28). The van der Waals surface area contributed by atoms with Gasteiger partial charge in [0.2, 0.25) is 10.0 Å². The van der Waals surface area contributed by atoms with Crippen LogP contribution in [0.25, 0.3) is 0 Å². The maximum Gasteiger partial charge on any atom is 0.255 e. The van der Waals surface area contributed by atoms with Crippen molar-refractivity contribution in [2.75, 3.05) is 27.7 Å². The summed E-state index contributed by atoms with van der Waals surface area (Å²) in [5, 5.41) is 2.99. The van der Waals surface area contributed by atoms with Gasteiger partial charge in [0.15, 0.2) is 0 Å². The van der Waals surface area contributed by atoms with Gasteiger partial charge in [-0.05, 0) is 54.3 Å². The van der Waals surface area contributed by atoms with Crippen LogP contribution in [0.3, 0.4) is 0 Å². The lowest BCUT2D eigenvalue weighted by atomic mass is 10.1. The van der Waals surface area contributed by atoms with Gasteiger partial charge in [-0.15, -0.1) is 0 Å². The summed E-state index contributed by atoms with van der Waals surface area (Å²) < 4.78 is 25.7. The molecule has 0 saturated carbocycles. The van der Waals surface area contributed by atoms with E-state index in [0.29, 0.717) is 17.8 Å². The van der Waals surface area contributed by atoms with Gasteiger partial charge in [0.1, 0.15) is 0 Å². The smallest absolute Gasteiger partial charge is 0.255 e. The molecule has 160 valence electrons. The van der Waals surface area contributed by atoms with E-state index in [4.69, 9.17) is 0 Å². The van der Waals surface area contributed by atoms with Crippen LogP contribution in [-0.4, -0.2) is 27.1 Å². The second-order valence-electron chi connectivity index (χ2n) is 7.82. The van der Waals surface area contributed by atoms with Crippen LogP contribution in [0.15, 0.2) is 66.7 Å². The van der Waals surface area contributed by atoms with Crippen molar-refractivity contribution in [1.82, 2.24) is 0 Å². The maximum atomic E-state index is 12.9. The van der Waals surface area contributed by atoms with Crippen LogP contribution in [0.4, 0.5) is 17.1 Å². The van der Waals surface area contributed by atoms with Gasteiger partial charge in [0.05, 0.1) is 11.9 Å². The van der Waals surface area contributed by atoms with Crippen LogP contribution in [0, 0.1) is 6.92 Å². The van der Waals surface area contributed by atoms with Crippen LogP contribution in [0.2, 0.25) is 0 Å². The summed E-state index contributed by atoms with van der Waals surface area (Å²) in [5.41, 5.74) is 5.88. The number of para-hydroxylation sites is 2. The fraction of sp³-hybridized carbons (Fsp3) is 0.208. The Morgan fingerprint density at radius 1 is 1.00 bits per heavy atom. The molecule has 0 unspecified atom stereocenters. The average Bonchev–Trinajstić information content (AvgIpc) is 3.13. The van der Waals surface area contributed by atoms with E-state index in [2.05, 4.69) is 33.1 Å². The van der Waals surface area contributed by atoms with Crippen molar-refractivity contribution in [3.8, 4) is 0 Å². The first-order chi connectivity index (χ1) is 14.8. The van der Waals surface area contributed by atoms with Crippen molar-refractivity contribution in [3.05, 3.63) is 89.0 Å². The van der Waals surface area contributed by atoms with Crippen molar-refractivity contribution in [3.63, 3.8) is 0 Å². The summed E-state index contributed by atoms with van der Waals surface area (Å²) in [6.45, 7) is 3.43. The number of hydrogen-bond donors (Lipinski definition) is 2. The minimum atomic E-state index is -3.43. The van der Waals surface area contributed by atoms with Crippen LogP contribution >= 0.6 is 0 Å². The first kappa shape index (κ1) is 20.9. The van der Waals surface area contributed by atoms with Crippen molar-refractivity contribution >= 4 is 33.0 Å². The van der Waals surface area contributed by atoms with E-state index < -0.39 is 10.0 Å². The first-order valence-electron chi connectivity index (χ1n) is 10.1. The Bertz CT molecular complexity index is 1240. The number of rotatable bonds is 6. The Hall–Kier alpha value is -3.32. The van der Waals surface area contributed by atoms with Crippen molar-refractivity contribution in [1.29, 1.82) is 0 Å². The topological polar surface area (TPSA) is 78.5 Å². The molecule has 0 fully saturated rings. The summed E-state index contributed by atoms with van der Waals surface area (Å²) in [6, 6.07) is 21.1. The Kier molecular flexibility index (Phi) is 5.69. The lowest BCUT2D eigenvalue weighted by molar-refractivity contribution is 0.102. The third-order valence-corrected chi connectivity index (χ3v) is 6.00.